The van der Waals surface area contributed by atoms with Gasteiger partial charge in [0.25, 0.3) is 5.69 Å². The molecule has 0 radical (unpaired) electrons. The van der Waals surface area contributed by atoms with Crippen LogP contribution in [0.25, 0.3) is 11.1 Å². The van der Waals surface area contributed by atoms with Gasteiger partial charge in [0.1, 0.15) is 6.61 Å². The van der Waals surface area contributed by atoms with E-state index in [4.69, 9.17) is 14.4 Å². The Bertz CT molecular complexity index is 1100. The van der Waals surface area contributed by atoms with Crippen molar-refractivity contribution in [2.24, 2.45) is 0 Å². The van der Waals surface area contributed by atoms with Crippen molar-refractivity contribution in [3.63, 3.8) is 0 Å². The van der Waals surface area contributed by atoms with E-state index in [9.17, 15) is 19.7 Å². The lowest BCUT2D eigenvalue weighted by molar-refractivity contribution is -0.384. The molecule has 0 spiro atoms. The van der Waals surface area contributed by atoms with Gasteiger partial charge in [-0.25, -0.2) is 4.79 Å². The number of nitro benzene ring substituents is 1. The molecular formula is C18H13N3O6. The monoisotopic (exact) mass is 367 g/mol. The Hall–Kier alpha value is -3.93. The molecule has 1 heterocycles. The van der Waals surface area contributed by atoms with E-state index in [-0.39, 0.29) is 30.8 Å². The standard InChI is InChI=1S/C18H13N3O6/c19-10-12-1-3-13(4-2-12)11-26-17(22)7-8-20-15-6-5-14(21(24)25)9-16(15)27-18(20)23/h1-6,9H,7-8,11H2. The predicted octanol–water partition coefficient (Wildman–Crippen LogP) is 2.51. The van der Waals surface area contributed by atoms with Crippen LogP contribution in [0.15, 0.2) is 51.7 Å². The molecule has 0 bridgehead atoms. The van der Waals surface area contributed by atoms with E-state index in [0.717, 1.165) is 11.6 Å². The van der Waals surface area contributed by atoms with Crippen molar-refractivity contribution in [2.75, 3.05) is 0 Å². The Morgan fingerprint density at radius 2 is 2.00 bits per heavy atom. The zero-order valence-corrected chi connectivity index (χ0v) is 14.0. The number of ether oxygens (including phenoxy) is 1. The average molecular weight is 367 g/mol. The number of oxazole rings is 1. The summed E-state index contributed by atoms with van der Waals surface area (Å²) < 4.78 is 11.4. The van der Waals surface area contributed by atoms with Gasteiger partial charge < -0.3 is 9.15 Å². The Kier molecular flexibility index (Phi) is 4.99. The Morgan fingerprint density at radius 3 is 2.67 bits per heavy atom. The predicted molar refractivity (Wildman–Crippen MR) is 92.7 cm³/mol. The average Bonchev–Trinajstić information content (AvgIpc) is 2.99. The van der Waals surface area contributed by atoms with Crippen LogP contribution >= 0.6 is 0 Å². The highest BCUT2D eigenvalue weighted by Gasteiger charge is 2.15. The van der Waals surface area contributed by atoms with Gasteiger partial charge in [-0.2, -0.15) is 5.26 Å². The van der Waals surface area contributed by atoms with Crippen LogP contribution in [-0.2, 0) is 22.7 Å². The van der Waals surface area contributed by atoms with Gasteiger partial charge in [0.2, 0.25) is 0 Å². The number of nitro groups is 1. The molecule has 0 amide bonds. The number of esters is 1. The maximum absolute atomic E-state index is 11.9. The van der Waals surface area contributed by atoms with Crippen molar-refractivity contribution < 1.29 is 18.9 Å². The van der Waals surface area contributed by atoms with Crippen LogP contribution in [0.5, 0.6) is 0 Å². The van der Waals surface area contributed by atoms with E-state index in [0.29, 0.717) is 11.1 Å². The first-order valence-electron chi connectivity index (χ1n) is 7.90. The molecule has 9 nitrogen and oxygen atoms in total. The molecule has 0 N–H and O–H groups in total. The maximum atomic E-state index is 11.9. The first-order chi connectivity index (χ1) is 13.0. The van der Waals surface area contributed by atoms with E-state index in [1.807, 2.05) is 6.07 Å². The summed E-state index contributed by atoms with van der Waals surface area (Å²) in [7, 11) is 0. The lowest BCUT2D eigenvalue weighted by atomic mass is 10.2. The van der Waals surface area contributed by atoms with Gasteiger partial charge in [-0.05, 0) is 23.8 Å². The summed E-state index contributed by atoms with van der Waals surface area (Å²) in [6, 6.07) is 12.4. The zero-order valence-electron chi connectivity index (χ0n) is 14.0. The van der Waals surface area contributed by atoms with Crippen LogP contribution in [0.2, 0.25) is 0 Å². The molecule has 0 saturated heterocycles. The Labute approximate surface area is 152 Å². The number of nitriles is 1. The first-order valence-corrected chi connectivity index (χ1v) is 7.90. The highest BCUT2D eigenvalue weighted by atomic mass is 16.6. The van der Waals surface area contributed by atoms with E-state index < -0.39 is 16.6 Å². The van der Waals surface area contributed by atoms with Crippen molar-refractivity contribution in [1.29, 1.82) is 5.26 Å². The molecule has 0 aliphatic rings. The van der Waals surface area contributed by atoms with Gasteiger partial charge in [-0.1, -0.05) is 12.1 Å². The number of nitrogens with zero attached hydrogens (tertiary/aromatic N) is 3. The molecule has 2 aromatic carbocycles. The second kappa shape index (κ2) is 7.53. The molecule has 0 unspecified atom stereocenters. The molecule has 9 heteroatoms. The smallest absolute Gasteiger partial charge is 0.419 e. The fourth-order valence-corrected chi connectivity index (χ4v) is 2.49. The molecule has 0 saturated carbocycles. The van der Waals surface area contributed by atoms with E-state index in [1.54, 1.807) is 24.3 Å². The van der Waals surface area contributed by atoms with Crippen molar-refractivity contribution in [3.8, 4) is 6.07 Å². The number of aryl methyl sites for hydroxylation is 1. The highest BCUT2D eigenvalue weighted by molar-refractivity contribution is 5.76. The third-order valence-electron chi connectivity index (χ3n) is 3.89. The van der Waals surface area contributed by atoms with Crippen molar-refractivity contribution >= 4 is 22.8 Å². The second-order valence-corrected chi connectivity index (χ2v) is 5.65. The molecule has 0 atom stereocenters. The van der Waals surface area contributed by atoms with Gasteiger partial charge in [-0.15, -0.1) is 0 Å². The quantitative estimate of drug-likeness (QED) is 0.372. The fraction of sp³-hybridized carbons (Fsp3) is 0.167. The number of benzene rings is 2. The molecule has 1 aromatic heterocycles. The molecular weight excluding hydrogens is 354 g/mol. The summed E-state index contributed by atoms with van der Waals surface area (Å²) in [5, 5.41) is 19.5. The van der Waals surface area contributed by atoms with Crippen LogP contribution in [0.1, 0.15) is 17.5 Å². The van der Waals surface area contributed by atoms with Crippen LogP contribution < -0.4 is 5.76 Å². The van der Waals surface area contributed by atoms with Gasteiger partial charge >= 0.3 is 11.7 Å². The summed E-state index contributed by atoms with van der Waals surface area (Å²) in [5.41, 5.74) is 1.51. The largest absolute Gasteiger partial charge is 0.461 e. The number of carbonyl (C=O) groups excluding carboxylic acids is 1. The van der Waals surface area contributed by atoms with E-state index in [2.05, 4.69) is 0 Å². The van der Waals surface area contributed by atoms with Crippen LogP contribution in [0.4, 0.5) is 5.69 Å². The summed E-state index contributed by atoms with van der Waals surface area (Å²) >= 11 is 0. The third-order valence-corrected chi connectivity index (χ3v) is 3.89. The van der Waals surface area contributed by atoms with Gasteiger partial charge in [-0.3, -0.25) is 19.5 Å². The fourth-order valence-electron chi connectivity index (χ4n) is 2.49. The van der Waals surface area contributed by atoms with Crippen molar-refractivity contribution in [3.05, 3.63) is 74.3 Å². The normalized spacial score (nSPS) is 10.5. The van der Waals surface area contributed by atoms with Crippen LogP contribution in [0.3, 0.4) is 0 Å². The minimum Gasteiger partial charge on any atom is -0.461 e. The number of non-ortho nitro benzene ring substituents is 1. The SMILES string of the molecule is N#Cc1ccc(COC(=O)CCn2c(=O)oc3cc([N+](=O)[O-])ccc32)cc1. The van der Waals surface area contributed by atoms with E-state index in [1.165, 1.54) is 16.7 Å². The van der Waals surface area contributed by atoms with Gasteiger partial charge in [0.15, 0.2) is 5.58 Å². The minimum absolute atomic E-state index is 0.0237. The molecule has 3 aromatic rings. The zero-order chi connectivity index (χ0) is 19.4. The third kappa shape index (κ3) is 4.01. The lowest BCUT2D eigenvalue weighted by Crippen LogP contribution is -2.17. The van der Waals surface area contributed by atoms with Crippen molar-refractivity contribution in [1.82, 2.24) is 4.57 Å². The van der Waals surface area contributed by atoms with E-state index >= 15 is 0 Å². The summed E-state index contributed by atoms with van der Waals surface area (Å²) in [6.07, 6.45) is -0.0677. The molecule has 0 aliphatic carbocycles. The van der Waals surface area contributed by atoms with Gasteiger partial charge in [0.05, 0.1) is 34.6 Å². The number of hydrogen-bond donors (Lipinski definition) is 0. The number of rotatable bonds is 6. The minimum atomic E-state index is -0.703. The molecule has 136 valence electrons. The lowest BCUT2D eigenvalue weighted by Gasteiger charge is -2.05. The molecule has 0 aliphatic heterocycles. The number of aromatic nitrogens is 1. The Morgan fingerprint density at radius 1 is 1.26 bits per heavy atom. The summed E-state index contributed by atoms with van der Waals surface area (Å²) in [5.74, 6) is -1.21. The maximum Gasteiger partial charge on any atom is 0.419 e. The van der Waals surface area contributed by atoms with Crippen molar-refractivity contribution in [2.45, 2.75) is 19.6 Å². The number of hydrogen-bond acceptors (Lipinski definition) is 7. The molecule has 3 rings (SSSR count). The number of carbonyl (C=O) groups is 1. The van der Waals surface area contributed by atoms with Gasteiger partial charge in [0, 0.05) is 12.6 Å². The molecule has 27 heavy (non-hydrogen) atoms. The first kappa shape index (κ1) is 17.9. The Balaban J connectivity index is 1.63. The summed E-state index contributed by atoms with van der Waals surface area (Å²) in [4.78, 5) is 34.0. The van der Waals surface area contributed by atoms with Crippen LogP contribution in [0, 0.1) is 21.4 Å². The second-order valence-electron chi connectivity index (χ2n) is 5.65. The number of fused-ring (bicyclic) bond motifs is 1. The summed E-state index contributed by atoms with van der Waals surface area (Å²) in [6.45, 7) is 0.0770. The van der Waals surface area contributed by atoms with Crippen LogP contribution in [-0.4, -0.2) is 15.5 Å². The molecule has 0 fully saturated rings. The topological polar surface area (TPSA) is 128 Å². The highest BCUT2D eigenvalue weighted by Crippen LogP contribution is 2.20.